The number of carbonyl (C=O) groups excluding carboxylic acids is 3. The molecule has 1 atom stereocenters. The summed E-state index contributed by atoms with van der Waals surface area (Å²) < 4.78 is 0. The van der Waals surface area contributed by atoms with Gasteiger partial charge in [-0.3, -0.25) is 29.5 Å². The lowest BCUT2D eigenvalue weighted by Crippen LogP contribution is -2.30. The summed E-state index contributed by atoms with van der Waals surface area (Å²) in [6, 6.07) is 25.2. The molecule has 3 amide bonds. The van der Waals surface area contributed by atoms with Gasteiger partial charge in [-0.15, -0.1) is 23.1 Å². The number of hydrogen-bond acceptors (Lipinski definition) is 9. The van der Waals surface area contributed by atoms with Crippen molar-refractivity contribution in [2.75, 3.05) is 10.6 Å². The number of aromatic nitrogens is 2. The molecule has 0 aliphatic heterocycles. The molecule has 0 radical (unpaired) electrons. The number of thioether (sulfide) groups is 1. The Morgan fingerprint density at radius 3 is 2.52 bits per heavy atom. The summed E-state index contributed by atoms with van der Waals surface area (Å²) in [7, 11) is 0. The number of nitrogens with zero attached hydrogens (tertiary/aromatic N) is 3. The molecule has 0 saturated carbocycles. The molecule has 0 spiro atoms. The standard InChI is InChI=1S/C33H26N6O5S2/c1-21(30(40)38-33-37-29(20-45-33)24-11-5-13-26(17-24)39(43)44)46-27-14-6-12-25(18-27)35-32(42)28(16-22-8-7-15-34-19-22)36-31(41)23-9-3-2-4-10-23/h2-21H,1H3,(H,35,42)(H,36,41)(H,37,38,40)/b28-16-. The van der Waals surface area contributed by atoms with Crippen molar-refractivity contribution in [3.63, 3.8) is 0 Å². The molecule has 0 aliphatic rings. The van der Waals surface area contributed by atoms with Gasteiger partial charge in [-0.2, -0.15) is 0 Å². The number of carbonyl (C=O) groups is 3. The highest BCUT2D eigenvalue weighted by molar-refractivity contribution is 8.00. The summed E-state index contributed by atoms with van der Waals surface area (Å²) in [5.74, 6) is -1.26. The van der Waals surface area contributed by atoms with Gasteiger partial charge >= 0.3 is 0 Å². The first-order valence-corrected chi connectivity index (χ1v) is 15.6. The summed E-state index contributed by atoms with van der Waals surface area (Å²) >= 11 is 2.50. The zero-order chi connectivity index (χ0) is 32.5. The number of benzene rings is 3. The number of nitro groups is 1. The van der Waals surface area contributed by atoms with Crippen LogP contribution in [0.15, 0.2) is 119 Å². The molecule has 3 N–H and O–H groups in total. The molecule has 5 rings (SSSR count). The average molecular weight is 651 g/mol. The first-order valence-electron chi connectivity index (χ1n) is 13.8. The number of hydrogen-bond donors (Lipinski definition) is 3. The molecule has 0 saturated heterocycles. The topological polar surface area (TPSA) is 156 Å². The first kappa shape index (κ1) is 31.8. The van der Waals surface area contributed by atoms with Gasteiger partial charge < -0.3 is 16.0 Å². The maximum atomic E-state index is 13.4. The van der Waals surface area contributed by atoms with Crippen molar-refractivity contribution in [3.05, 3.63) is 136 Å². The van der Waals surface area contributed by atoms with Gasteiger partial charge in [-0.1, -0.05) is 42.5 Å². The van der Waals surface area contributed by atoms with Crippen molar-refractivity contribution in [3.8, 4) is 11.3 Å². The quantitative estimate of drug-likeness (QED) is 0.0622. The van der Waals surface area contributed by atoms with Crippen LogP contribution in [0.2, 0.25) is 0 Å². The van der Waals surface area contributed by atoms with Crippen molar-refractivity contribution < 1.29 is 19.3 Å². The maximum absolute atomic E-state index is 13.4. The third-order valence-electron chi connectivity index (χ3n) is 6.39. The number of rotatable bonds is 11. The lowest BCUT2D eigenvalue weighted by Gasteiger charge is -2.13. The molecule has 2 heterocycles. The van der Waals surface area contributed by atoms with Gasteiger partial charge in [0.1, 0.15) is 5.70 Å². The maximum Gasteiger partial charge on any atom is 0.272 e. The van der Waals surface area contributed by atoms with Crippen molar-refractivity contribution in [1.29, 1.82) is 0 Å². The largest absolute Gasteiger partial charge is 0.321 e. The minimum atomic E-state index is -0.538. The van der Waals surface area contributed by atoms with E-state index in [1.165, 1.54) is 41.3 Å². The van der Waals surface area contributed by atoms with Crippen LogP contribution in [-0.2, 0) is 9.59 Å². The SMILES string of the molecule is CC(Sc1cccc(NC(=O)/C(=C/c2cccnc2)NC(=O)c2ccccc2)c1)C(=O)Nc1nc(-c2cccc([N+](=O)[O-])c2)cs1. The molecule has 13 heteroatoms. The van der Waals surface area contributed by atoms with E-state index in [4.69, 9.17) is 0 Å². The molecule has 1 unspecified atom stereocenters. The van der Waals surface area contributed by atoms with E-state index < -0.39 is 22.0 Å². The van der Waals surface area contributed by atoms with Crippen molar-refractivity contribution in [2.45, 2.75) is 17.1 Å². The third-order valence-corrected chi connectivity index (χ3v) is 8.24. The second-order valence-corrected chi connectivity index (χ2v) is 12.0. The van der Waals surface area contributed by atoms with Gasteiger partial charge in [0.05, 0.1) is 15.9 Å². The molecule has 0 aliphatic carbocycles. The predicted molar refractivity (Wildman–Crippen MR) is 179 cm³/mol. The molecule has 230 valence electrons. The molecule has 46 heavy (non-hydrogen) atoms. The summed E-state index contributed by atoms with van der Waals surface area (Å²) in [6.07, 6.45) is 4.72. The normalized spacial score (nSPS) is 11.7. The number of pyridine rings is 1. The minimum absolute atomic E-state index is 0.0283. The molecule has 0 fully saturated rings. The molecule has 2 aromatic heterocycles. The highest BCUT2D eigenvalue weighted by Crippen LogP contribution is 2.30. The molecule has 3 aromatic carbocycles. The molecular weight excluding hydrogens is 625 g/mol. The van der Waals surface area contributed by atoms with Crippen LogP contribution in [0.25, 0.3) is 17.3 Å². The highest BCUT2D eigenvalue weighted by Gasteiger charge is 2.19. The number of thiazole rings is 1. The van der Waals surface area contributed by atoms with E-state index in [1.807, 2.05) is 6.07 Å². The summed E-state index contributed by atoms with van der Waals surface area (Å²) in [5, 5.41) is 21.0. The van der Waals surface area contributed by atoms with Crippen LogP contribution in [0.3, 0.4) is 0 Å². The van der Waals surface area contributed by atoms with E-state index in [0.29, 0.717) is 33.2 Å². The van der Waals surface area contributed by atoms with E-state index >= 15 is 0 Å². The first-order chi connectivity index (χ1) is 22.2. The number of nitrogens with one attached hydrogen (secondary N) is 3. The number of amides is 3. The smallest absolute Gasteiger partial charge is 0.272 e. The van der Waals surface area contributed by atoms with E-state index in [1.54, 1.807) is 97.5 Å². The molecule has 0 bridgehead atoms. The minimum Gasteiger partial charge on any atom is -0.321 e. The fraction of sp³-hybridized carbons (Fsp3) is 0.0606. The Balaban J connectivity index is 1.24. The van der Waals surface area contributed by atoms with Gasteiger partial charge in [0, 0.05) is 51.6 Å². The Hall–Kier alpha value is -5.66. The van der Waals surface area contributed by atoms with Crippen molar-refractivity contribution >= 4 is 63.4 Å². The average Bonchev–Trinajstić information content (AvgIpc) is 3.54. The zero-order valence-corrected chi connectivity index (χ0v) is 25.9. The Morgan fingerprint density at radius 1 is 0.957 bits per heavy atom. The second kappa shape index (κ2) is 14.9. The van der Waals surface area contributed by atoms with Crippen LogP contribution in [0.1, 0.15) is 22.8 Å². The fourth-order valence-corrected chi connectivity index (χ4v) is 5.77. The Morgan fingerprint density at radius 2 is 1.76 bits per heavy atom. The summed E-state index contributed by atoms with van der Waals surface area (Å²) in [5.41, 5.74) is 2.57. The monoisotopic (exact) mass is 650 g/mol. The van der Waals surface area contributed by atoms with E-state index in [2.05, 4.69) is 25.9 Å². The van der Waals surface area contributed by atoms with Crippen LogP contribution in [0.4, 0.5) is 16.5 Å². The number of nitro benzene ring substituents is 1. The van der Waals surface area contributed by atoms with E-state index in [0.717, 1.165) is 4.90 Å². The number of non-ortho nitro benzene ring substituents is 1. The predicted octanol–water partition coefficient (Wildman–Crippen LogP) is 6.64. The van der Waals surface area contributed by atoms with Crippen LogP contribution in [0, 0.1) is 10.1 Å². The highest BCUT2D eigenvalue weighted by atomic mass is 32.2. The van der Waals surface area contributed by atoms with E-state index in [9.17, 15) is 24.5 Å². The Labute approximate surface area is 272 Å². The van der Waals surface area contributed by atoms with Crippen molar-refractivity contribution in [2.24, 2.45) is 0 Å². The Bertz CT molecular complexity index is 1910. The molecular formula is C33H26N6O5S2. The van der Waals surface area contributed by atoms with Gasteiger partial charge in [0.2, 0.25) is 5.91 Å². The molecule has 11 nitrogen and oxygen atoms in total. The molecule has 5 aromatic rings. The van der Waals surface area contributed by atoms with Crippen LogP contribution >= 0.6 is 23.1 Å². The lowest BCUT2D eigenvalue weighted by molar-refractivity contribution is -0.384. The zero-order valence-electron chi connectivity index (χ0n) is 24.2. The van der Waals surface area contributed by atoms with Gasteiger partial charge in [-0.25, -0.2) is 4.98 Å². The van der Waals surface area contributed by atoms with Gasteiger partial charge in [0.25, 0.3) is 17.5 Å². The second-order valence-electron chi connectivity index (χ2n) is 9.74. The van der Waals surface area contributed by atoms with Gasteiger partial charge in [0.15, 0.2) is 5.13 Å². The summed E-state index contributed by atoms with van der Waals surface area (Å²) in [4.78, 5) is 59.0. The Kier molecular flexibility index (Phi) is 10.3. The third kappa shape index (κ3) is 8.49. The number of anilines is 2. The lowest BCUT2D eigenvalue weighted by atomic mass is 10.1. The van der Waals surface area contributed by atoms with Crippen LogP contribution < -0.4 is 16.0 Å². The van der Waals surface area contributed by atoms with Crippen LogP contribution in [0.5, 0.6) is 0 Å². The fourth-order valence-electron chi connectivity index (χ4n) is 4.12. The van der Waals surface area contributed by atoms with E-state index in [-0.39, 0.29) is 17.3 Å². The van der Waals surface area contributed by atoms with Crippen molar-refractivity contribution in [1.82, 2.24) is 15.3 Å². The summed E-state index contributed by atoms with van der Waals surface area (Å²) in [6.45, 7) is 1.74. The van der Waals surface area contributed by atoms with Crippen LogP contribution in [-0.4, -0.2) is 37.9 Å². The van der Waals surface area contributed by atoms with Gasteiger partial charge in [-0.05, 0) is 55.0 Å².